The van der Waals surface area contributed by atoms with Gasteiger partial charge >= 0.3 is 0 Å². The molecule has 0 spiro atoms. The molecule has 17 heavy (non-hydrogen) atoms. The molecule has 5 heteroatoms. The molecule has 1 saturated heterocycles. The van der Waals surface area contributed by atoms with E-state index in [4.69, 9.17) is 4.74 Å². The fourth-order valence-corrected chi connectivity index (χ4v) is 3.00. The quantitative estimate of drug-likeness (QED) is 0.884. The van der Waals surface area contributed by atoms with Crippen molar-refractivity contribution < 1.29 is 13.2 Å². The molecule has 1 N–H and O–H groups in total. The van der Waals surface area contributed by atoms with E-state index >= 15 is 0 Å². The summed E-state index contributed by atoms with van der Waals surface area (Å²) >= 11 is 0. The van der Waals surface area contributed by atoms with Crippen LogP contribution in [0.2, 0.25) is 0 Å². The smallest absolute Gasteiger partial charge is 0.240 e. The highest BCUT2D eigenvalue weighted by Gasteiger charge is 2.18. The van der Waals surface area contributed by atoms with E-state index in [0.29, 0.717) is 17.4 Å². The number of hydrogen-bond donors (Lipinski definition) is 1. The van der Waals surface area contributed by atoms with Gasteiger partial charge in [0.15, 0.2) is 0 Å². The standard InChI is InChI=1S/C12H17NO3S/c14-17(15,12-4-2-1-3-5-12)13-10-11-6-8-16-9-7-11/h1-5,11,13H,6-10H2. The van der Waals surface area contributed by atoms with Gasteiger partial charge in [-0.05, 0) is 30.9 Å². The Morgan fingerprint density at radius 2 is 1.82 bits per heavy atom. The van der Waals surface area contributed by atoms with Crippen molar-refractivity contribution in [2.75, 3.05) is 19.8 Å². The van der Waals surface area contributed by atoms with E-state index in [1.807, 2.05) is 0 Å². The van der Waals surface area contributed by atoms with Crippen molar-refractivity contribution in [2.45, 2.75) is 17.7 Å². The van der Waals surface area contributed by atoms with Gasteiger partial charge in [0, 0.05) is 19.8 Å². The molecular weight excluding hydrogens is 238 g/mol. The molecule has 1 aliphatic heterocycles. The predicted molar refractivity (Wildman–Crippen MR) is 65.2 cm³/mol. The fourth-order valence-electron chi connectivity index (χ4n) is 1.86. The highest BCUT2D eigenvalue weighted by atomic mass is 32.2. The molecule has 2 rings (SSSR count). The molecule has 1 heterocycles. The third-order valence-corrected chi connectivity index (χ3v) is 4.40. The van der Waals surface area contributed by atoms with Crippen LogP contribution in [0, 0.1) is 5.92 Å². The van der Waals surface area contributed by atoms with Crippen LogP contribution in [0.15, 0.2) is 35.2 Å². The van der Waals surface area contributed by atoms with Crippen molar-refractivity contribution in [1.82, 2.24) is 4.72 Å². The Kier molecular flexibility index (Phi) is 4.15. The Balaban J connectivity index is 1.94. The monoisotopic (exact) mass is 255 g/mol. The molecule has 1 aliphatic rings. The van der Waals surface area contributed by atoms with Crippen molar-refractivity contribution in [2.24, 2.45) is 5.92 Å². The zero-order valence-electron chi connectivity index (χ0n) is 9.63. The number of nitrogens with one attached hydrogen (secondary N) is 1. The zero-order chi connectivity index (χ0) is 12.1. The zero-order valence-corrected chi connectivity index (χ0v) is 10.4. The number of hydrogen-bond acceptors (Lipinski definition) is 3. The second kappa shape index (κ2) is 5.62. The van der Waals surface area contributed by atoms with E-state index in [1.165, 1.54) is 0 Å². The van der Waals surface area contributed by atoms with Crippen molar-refractivity contribution in [3.05, 3.63) is 30.3 Å². The molecule has 94 valence electrons. The summed E-state index contributed by atoms with van der Waals surface area (Å²) in [6, 6.07) is 8.46. The first-order valence-electron chi connectivity index (χ1n) is 5.81. The normalized spacial score (nSPS) is 18.1. The molecule has 0 unspecified atom stereocenters. The Labute approximate surface area is 102 Å². The molecular formula is C12H17NO3S. The summed E-state index contributed by atoms with van der Waals surface area (Å²) in [4.78, 5) is 0.326. The Morgan fingerprint density at radius 3 is 2.47 bits per heavy atom. The van der Waals surface area contributed by atoms with Crippen molar-refractivity contribution in [3.8, 4) is 0 Å². The fraction of sp³-hybridized carbons (Fsp3) is 0.500. The first kappa shape index (κ1) is 12.5. The van der Waals surface area contributed by atoms with E-state index in [-0.39, 0.29) is 0 Å². The summed E-state index contributed by atoms with van der Waals surface area (Å²) < 4.78 is 31.8. The van der Waals surface area contributed by atoms with E-state index in [0.717, 1.165) is 26.1 Å². The van der Waals surface area contributed by atoms with Crippen molar-refractivity contribution >= 4 is 10.0 Å². The predicted octanol–water partition coefficient (Wildman–Crippen LogP) is 1.39. The molecule has 0 bridgehead atoms. The Hall–Kier alpha value is -0.910. The van der Waals surface area contributed by atoms with Gasteiger partial charge in [-0.1, -0.05) is 18.2 Å². The molecule has 0 atom stereocenters. The van der Waals surface area contributed by atoms with E-state index in [1.54, 1.807) is 30.3 Å². The lowest BCUT2D eigenvalue weighted by Crippen LogP contribution is -2.32. The van der Waals surface area contributed by atoms with Crippen LogP contribution in [0.3, 0.4) is 0 Å². The van der Waals surface area contributed by atoms with Crippen LogP contribution in [0.4, 0.5) is 0 Å². The van der Waals surface area contributed by atoms with E-state index in [9.17, 15) is 8.42 Å². The van der Waals surface area contributed by atoms with Crippen LogP contribution in [-0.2, 0) is 14.8 Å². The average Bonchev–Trinajstić information content (AvgIpc) is 2.39. The van der Waals surface area contributed by atoms with Gasteiger partial charge < -0.3 is 4.74 Å². The summed E-state index contributed by atoms with van der Waals surface area (Å²) in [5.41, 5.74) is 0. The van der Waals surface area contributed by atoms with Crippen LogP contribution in [0.25, 0.3) is 0 Å². The maximum Gasteiger partial charge on any atom is 0.240 e. The molecule has 1 aromatic rings. The molecule has 1 aromatic carbocycles. The maximum absolute atomic E-state index is 11.9. The van der Waals surface area contributed by atoms with Crippen LogP contribution < -0.4 is 4.72 Å². The van der Waals surface area contributed by atoms with Gasteiger partial charge in [0.1, 0.15) is 0 Å². The summed E-state index contributed by atoms with van der Waals surface area (Å²) in [6.45, 7) is 1.97. The first-order chi connectivity index (χ1) is 8.18. The summed E-state index contributed by atoms with van der Waals surface area (Å²) in [7, 11) is -3.35. The number of rotatable bonds is 4. The lowest BCUT2D eigenvalue weighted by atomic mass is 10.0. The third-order valence-electron chi connectivity index (χ3n) is 2.96. The Morgan fingerprint density at radius 1 is 1.18 bits per heavy atom. The third kappa shape index (κ3) is 3.52. The van der Waals surface area contributed by atoms with Gasteiger partial charge in [0.05, 0.1) is 4.90 Å². The average molecular weight is 255 g/mol. The number of ether oxygens (including phenoxy) is 1. The highest BCUT2D eigenvalue weighted by Crippen LogP contribution is 2.15. The number of sulfonamides is 1. The number of benzene rings is 1. The molecule has 1 fully saturated rings. The second-order valence-electron chi connectivity index (χ2n) is 4.22. The van der Waals surface area contributed by atoms with Crippen molar-refractivity contribution in [1.29, 1.82) is 0 Å². The van der Waals surface area contributed by atoms with Gasteiger partial charge in [0.25, 0.3) is 0 Å². The summed E-state index contributed by atoms with van der Waals surface area (Å²) in [5, 5.41) is 0. The van der Waals surface area contributed by atoms with Gasteiger partial charge in [-0.25, -0.2) is 13.1 Å². The van der Waals surface area contributed by atoms with Crippen LogP contribution in [0.5, 0.6) is 0 Å². The molecule has 0 aromatic heterocycles. The molecule has 0 radical (unpaired) electrons. The minimum absolute atomic E-state index is 0.326. The van der Waals surface area contributed by atoms with Crippen LogP contribution >= 0.6 is 0 Å². The second-order valence-corrected chi connectivity index (χ2v) is 5.99. The minimum Gasteiger partial charge on any atom is -0.381 e. The summed E-state index contributed by atoms with van der Waals surface area (Å²) in [6.07, 6.45) is 1.86. The SMILES string of the molecule is O=S(=O)(NCC1CCOCC1)c1ccccc1. The van der Waals surface area contributed by atoms with Crippen molar-refractivity contribution in [3.63, 3.8) is 0 Å². The van der Waals surface area contributed by atoms with Gasteiger partial charge in [-0.2, -0.15) is 0 Å². The summed E-state index contributed by atoms with van der Waals surface area (Å²) in [5.74, 6) is 0.391. The molecule has 0 saturated carbocycles. The largest absolute Gasteiger partial charge is 0.381 e. The maximum atomic E-state index is 11.9. The molecule has 0 amide bonds. The highest BCUT2D eigenvalue weighted by molar-refractivity contribution is 7.89. The topological polar surface area (TPSA) is 55.4 Å². The van der Waals surface area contributed by atoms with Crippen LogP contribution in [-0.4, -0.2) is 28.2 Å². The minimum atomic E-state index is -3.35. The van der Waals surface area contributed by atoms with E-state index < -0.39 is 10.0 Å². The lowest BCUT2D eigenvalue weighted by molar-refractivity contribution is 0.0678. The Bertz CT molecular complexity index is 438. The molecule has 4 nitrogen and oxygen atoms in total. The first-order valence-corrected chi connectivity index (χ1v) is 7.29. The van der Waals surface area contributed by atoms with Crippen LogP contribution in [0.1, 0.15) is 12.8 Å². The van der Waals surface area contributed by atoms with Gasteiger partial charge in [-0.3, -0.25) is 0 Å². The van der Waals surface area contributed by atoms with Gasteiger partial charge in [0.2, 0.25) is 10.0 Å². The van der Waals surface area contributed by atoms with E-state index in [2.05, 4.69) is 4.72 Å². The lowest BCUT2D eigenvalue weighted by Gasteiger charge is -2.22. The molecule has 0 aliphatic carbocycles. The van der Waals surface area contributed by atoms with Gasteiger partial charge in [-0.15, -0.1) is 0 Å².